The van der Waals surface area contributed by atoms with Gasteiger partial charge in [-0.05, 0) is 48.6 Å². The molecule has 0 unspecified atom stereocenters. The molecular formula is C20H21N3O5. The minimum absolute atomic E-state index is 0.0889. The zero-order chi connectivity index (χ0) is 20.3. The maximum Gasteiger partial charge on any atom is 0.335 e. The molecule has 0 bridgehead atoms. The first-order valence-electron chi connectivity index (χ1n) is 8.99. The average Bonchev–Trinajstić information content (AvgIpc) is 2.68. The van der Waals surface area contributed by atoms with E-state index in [1.54, 1.807) is 6.92 Å². The number of nitrogens with zero attached hydrogens (tertiary/aromatic N) is 2. The van der Waals surface area contributed by atoms with Crippen LogP contribution in [0.2, 0.25) is 0 Å². The van der Waals surface area contributed by atoms with E-state index in [9.17, 15) is 19.7 Å². The van der Waals surface area contributed by atoms with Gasteiger partial charge < -0.3 is 15.3 Å². The number of hydrogen-bond donors (Lipinski definition) is 2. The lowest BCUT2D eigenvalue weighted by atomic mass is 9.89. The Kier molecular flexibility index (Phi) is 5.58. The number of nitro benzene ring substituents is 1. The first kappa shape index (κ1) is 19.3. The van der Waals surface area contributed by atoms with Crippen molar-refractivity contribution in [2.75, 3.05) is 18.4 Å². The summed E-state index contributed by atoms with van der Waals surface area (Å²) in [5.41, 5.74) is 1.61. The fourth-order valence-electron chi connectivity index (χ4n) is 3.48. The summed E-state index contributed by atoms with van der Waals surface area (Å²) in [5.74, 6) is -0.804. The molecule has 2 N–H and O–H groups in total. The van der Waals surface area contributed by atoms with Gasteiger partial charge in [0.2, 0.25) is 5.91 Å². The van der Waals surface area contributed by atoms with Gasteiger partial charge in [-0.1, -0.05) is 12.1 Å². The Morgan fingerprint density at radius 2 is 1.89 bits per heavy atom. The van der Waals surface area contributed by atoms with Gasteiger partial charge in [-0.3, -0.25) is 14.9 Å². The van der Waals surface area contributed by atoms with E-state index in [-0.39, 0.29) is 22.8 Å². The predicted octanol–water partition coefficient (Wildman–Crippen LogP) is 3.76. The molecule has 0 aromatic heterocycles. The maximum atomic E-state index is 11.5. The first-order valence-corrected chi connectivity index (χ1v) is 8.99. The number of carbonyl (C=O) groups excluding carboxylic acids is 1. The highest BCUT2D eigenvalue weighted by Crippen LogP contribution is 2.32. The second kappa shape index (κ2) is 8.08. The number of rotatable bonds is 5. The van der Waals surface area contributed by atoms with Crippen LogP contribution < -0.4 is 5.32 Å². The van der Waals surface area contributed by atoms with Crippen LogP contribution in [0, 0.1) is 10.1 Å². The SMILES string of the molecule is CC(=O)N1CCC(c2cccc(Nc3ccc(C(=O)O)cc3[N+](=O)[O-])c2)CC1. The number of nitro groups is 1. The third-order valence-corrected chi connectivity index (χ3v) is 5.02. The summed E-state index contributed by atoms with van der Waals surface area (Å²) < 4.78 is 0. The molecule has 1 fully saturated rings. The maximum absolute atomic E-state index is 11.5. The Morgan fingerprint density at radius 3 is 2.50 bits per heavy atom. The number of aromatic carboxylic acids is 1. The van der Waals surface area contributed by atoms with E-state index in [2.05, 4.69) is 5.32 Å². The van der Waals surface area contributed by atoms with Crippen molar-refractivity contribution in [3.63, 3.8) is 0 Å². The number of carbonyl (C=O) groups is 2. The number of benzene rings is 2. The van der Waals surface area contributed by atoms with Crippen LogP contribution >= 0.6 is 0 Å². The summed E-state index contributed by atoms with van der Waals surface area (Å²) in [7, 11) is 0. The molecule has 8 heteroatoms. The minimum atomic E-state index is -1.21. The van der Waals surface area contributed by atoms with Crippen molar-refractivity contribution in [3.8, 4) is 0 Å². The number of hydrogen-bond acceptors (Lipinski definition) is 5. The summed E-state index contributed by atoms with van der Waals surface area (Å²) in [6.45, 7) is 3.02. The quantitative estimate of drug-likeness (QED) is 0.600. The zero-order valence-corrected chi connectivity index (χ0v) is 15.4. The summed E-state index contributed by atoms with van der Waals surface area (Å²) in [4.78, 5) is 35.1. The standard InChI is InChI=1S/C20H21N3O5/c1-13(24)22-9-7-14(8-10-22)15-3-2-4-17(11-15)21-18-6-5-16(20(25)26)12-19(18)23(27)28/h2-6,11-12,14,21H,7-10H2,1H3,(H,25,26). The van der Waals surface area contributed by atoms with E-state index >= 15 is 0 Å². The van der Waals surface area contributed by atoms with E-state index in [1.165, 1.54) is 12.1 Å². The van der Waals surface area contributed by atoms with Crippen LogP contribution in [0.25, 0.3) is 0 Å². The molecule has 0 atom stereocenters. The van der Waals surface area contributed by atoms with Crippen molar-refractivity contribution in [2.45, 2.75) is 25.7 Å². The van der Waals surface area contributed by atoms with Crippen LogP contribution in [0.1, 0.15) is 41.6 Å². The molecule has 1 saturated heterocycles. The highest BCUT2D eigenvalue weighted by atomic mass is 16.6. The molecule has 0 radical (unpaired) electrons. The highest BCUT2D eigenvalue weighted by molar-refractivity contribution is 5.90. The number of likely N-dealkylation sites (tertiary alicyclic amines) is 1. The van der Waals surface area contributed by atoms with Gasteiger partial charge in [0.15, 0.2) is 0 Å². The van der Waals surface area contributed by atoms with Crippen LogP contribution in [0.15, 0.2) is 42.5 Å². The first-order chi connectivity index (χ1) is 13.3. The Bertz CT molecular complexity index is 920. The molecule has 2 aromatic carbocycles. The van der Waals surface area contributed by atoms with E-state index in [1.807, 2.05) is 29.2 Å². The zero-order valence-electron chi connectivity index (χ0n) is 15.4. The molecular weight excluding hydrogens is 362 g/mol. The normalized spacial score (nSPS) is 14.5. The molecule has 0 aliphatic carbocycles. The van der Waals surface area contributed by atoms with Crippen LogP contribution in [-0.2, 0) is 4.79 Å². The molecule has 3 rings (SSSR count). The molecule has 0 saturated carbocycles. The lowest BCUT2D eigenvalue weighted by molar-refractivity contribution is -0.383. The Hall–Kier alpha value is -3.42. The molecule has 28 heavy (non-hydrogen) atoms. The summed E-state index contributed by atoms with van der Waals surface area (Å²) in [6, 6.07) is 11.4. The van der Waals surface area contributed by atoms with Crippen molar-refractivity contribution >= 4 is 28.9 Å². The monoisotopic (exact) mass is 383 g/mol. The highest BCUT2D eigenvalue weighted by Gasteiger charge is 2.22. The van der Waals surface area contributed by atoms with E-state index in [0.717, 1.165) is 37.6 Å². The smallest absolute Gasteiger partial charge is 0.335 e. The third kappa shape index (κ3) is 4.28. The Morgan fingerprint density at radius 1 is 1.18 bits per heavy atom. The molecule has 8 nitrogen and oxygen atoms in total. The van der Waals surface area contributed by atoms with Gasteiger partial charge in [0.1, 0.15) is 5.69 Å². The molecule has 1 heterocycles. The summed E-state index contributed by atoms with van der Waals surface area (Å²) in [5, 5.41) is 23.4. The predicted molar refractivity (Wildman–Crippen MR) is 104 cm³/mol. The van der Waals surface area contributed by atoms with Gasteiger partial charge in [-0.15, -0.1) is 0 Å². The second-order valence-electron chi connectivity index (χ2n) is 6.82. The fourth-order valence-corrected chi connectivity index (χ4v) is 3.48. The van der Waals surface area contributed by atoms with Crippen LogP contribution in [0.4, 0.5) is 17.1 Å². The molecule has 146 valence electrons. The average molecular weight is 383 g/mol. The summed E-state index contributed by atoms with van der Waals surface area (Å²) >= 11 is 0. The van der Waals surface area contributed by atoms with Crippen molar-refractivity contribution < 1.29 is 19.6 Å². The van der Waals surface area contributed by atoms with Crippen LogP contribution in [0.5, 0.6) is 0 Å². The fraction of sp³-hybridized carbons (Fsp3) is 0.300. The van der Waals surface area contributed by atoms with Crippen molar-refractivity contribution in [3.05, 3.63) is 63.7 Å². The summed E-state index contributed by atoms with van der Waals surface area (Å²) in [6.07, 6.45) is 1.74. The van der Waals surface area contributed by atoms with Crippen molar-refractivity contribution in [1.29, 1.82) is 0 Å². The topological polar surface area (TPSA) is 113 Å². The molecule has 1 aliphatic heterocycles. The lowest BCUT2D eigenvalue weighted by Gasteiger charge is -2.31. The van der Waals surface area contributed by atoms with Gasteiger partial charge in [0.25, 0.3) is 5.69 Å². The number of piperidine rings is 1. The number of carboxylic acid groups (broad SMARTS) is 1. The largest absolute Gasteiger partial charge is 0.478 e. The van der Waals surface area contributed by atoms with Gasteiger partial charge in [0.05, 0.1) is 10.5 Å². The van der Waals surface area contributed by atoms with Gasteiger partial charge in [0, 0.05) is 31.8 Å². The van der Waals surface area contributed by atoms with Gasteiger partial charge >= 0.3 is 5.97 Å². The third-order valence-electron chi connectivity index (χ3n) is 5.02. The van der Waals surface area contributed by atoms with Gasteiger partial charge in [-0.2, -0.15) is 0 Å². The second-order valence-corrected chi connectivity index (χ2v) is 6.82. The van der Waals surface area contributed by atoms with Crippen LogP contribution in [-0.4, -0.2) is 39.9 Å². The number of nitrogens with one attached hydrogen (secondary N) is 1. The van der Waals surface area contributed by atoms with E-state index in [0.29, 0.717) is 11.6 Å². The molecule has 1 aliphatic rings. The van der Waals surface area contributed by atoms with E-state index in [4.69, 9.17) is 5.11 Å². The Balaban J connectivity index is 1.79. The van der Waals surface area contributed by atoms with Crippen molar-refractivity contribution in [2.24, 2.45) is 0 Å². The number of anilines is 2. The molecule has 2 aromatic rings. The number of amides is 1. The Labute approximate surface area is 161 Å². The lowest BCUT2D eigenvalue weighted by Crippen LogP contribution is -2.36. The number of carboxylic acids is 1. The molecule has 0 spiro atoms. The minimum Gasteiger partial charge on any atom is -0.478 e. The van der Waals surface area contributed by atoms with Crippen LogP contribution in [0.3, 0.4) is 0 Å². The van der Waals surface area contributed by atoms with Crippen molar-refractivity contribution in [1.82, 2.24) is 4.90 Å². The van der Waals surface area contributed by atoms with Gasteiger partial charge in [-0.25, -0.2) is 4.79 Å². The molecule has 1 amide bonds. The van der Waals surface area contributed by atoms with E-state index < -0.39 is 10.9 Å².